The van der Waals surface area contributed by atoms with Crippen LogP contribution in [0.15, 0.2) is 12.1 Å². The molecule has 2 fully saturated rings. The number of ether oxygens (including phenoxy) is 1. The van der Waals surface area contributed by atoms with Gasteiger partial charge in [-0.3, -0.25) is 19.3 Å². The number of hydrogen-bond acceptors (Lipinski definition) is 4. The van der Waals surface area contributed by atoms with E-state index >= 15 is 0 Å². The second kappa shape index (κ2) is 6.98. The van der Waals surface area contributed by atoms with Crippen LogP contribution in [0.3, 0.4) is 0 Å². The van der Waals surface area contributed by atoms with Gasteiger partial charge >= 0.3 is 5.97 Å². The molecule has 1 saturated heterocycles. The maximum absolute atomic E-state index is 12.4. The van der Waals surface area contributed by atoms with Gasteiger partial charge in [-0.2, -0.15) is 0 Å². The summed E-state index contributed by atoms with van der Waals surface area (Å²) in [5.41, 5.74) is 2.93. The number of fused-ring (bicyclic) bond motifs is 1. The minimum atomic E-state index is -0.412. The molecule has 1 aromatic carbocycles. The van der Waals surface area contributed by atoms with E-state index in [4.69, 9.17) is 4.74 Å². The first-order valence-electron chi connectivity index (χ1n) is 9.02. The molecule has 0 spiro atoms. The van der Waals surface area contributed by atoms with Gasteiger partial charge in [0.25, 0.3) is 0 Å². The zero-order valence-electron chi connectivity index (χ0n) is 15.1. The number of aryl methyl sites for hydroxylation is 3. The predicted octanol–water partition coefficient (Wildman–Crippen LogP) is 3.08. The summed E-state index contributed by atoms with van der Waals surface area (Å²) in [5.74, 6) is -0.387. The third-order valence-electron chi connectivity index (χ3n) is 5.29. The van der Waals surface area contributed by atoms with Crippen LogP contribution in [0.1, 0.15) is 48.8 Å². The topological polar surface area (TPSA) is 63.7 Å². The van der Waals surface area contributed by atoms with Crippen molar-refractivity contribution in [3.05, 3.63) is 28.8 Å². The molecule has 0 aromatic heterocycles. The van der Waals surface area contributed by atoms with Crippen LogP contribution >= 0.6 is 0 Å². The molecule has 134 valence electrons. The Morgan fingerprint density at radius 1 is 1.04 bits per heavy atom. The van der Waals surface area contributed by atoms with E-state index in [1.807, 2.05) is 32.9 Å². The Balaban J connectivity index is 1.61. The first-order chi connectivity index (χ1) is 11.9. The van der Waals surface area contributed by atoms with Crippen LogP contribution in [0.2, 0.25) is 0 Å². The fourth-order valence-corrected chi connectivity index (χ4v) is 4.15. The molecule has 0 bridgehead atoms. The summed E-state index contributed by atoms with van der Waals surface area (Å²) in [6.07, 6.45) is 3.61. The molecule has 3 rings (SSSR count). The number of esters is 1. The van der Waals surface area contributed by atoms with E-state index < -0.39 is 5.97 Å². The van der Waals surface area contributed by atoms with Gasteiger partial charge in [-0.15, -0.1) is 0 Å². The largest absolute Gasteiger partial charge is 0.426 e. The lowest BCUT2D eigenvalue weighted by molar-refractivity contribution is -0.141. The van der Waals surface area contributed by atoms with Gasteiger partial charge in [0.15, 0.2) is 0 Å². The second-order valence-corrected chi connectivity index (χ2v) is 7.28. The lowest BCUT2D eigenvalue weighted by atomic mass is 9.81. The SMILES string of the molecule is Cc1cc(C)c(OC(=O)CCN2C(=O)[C@@H]3CCCC[C@H]3C2=O)c(C)c1. The average Bonchev–Trinajstić information content (AvgIpc) is 2.81. The summed E-state index contributed by atoms with van der Waals surface area (Å²) in [6, 6.07) is 3.93. The van der Waals surface area contributed by atoms with Crippen molar-refractivity contribution in [2.24, 2.45) is 11.8 Å². The average molecular weight is 343 g/mol. The fraction of sp³-hybridized carbons (Fsp3) is 0.550. The number of likely N-dealkylation sites (tertiary alicyclic amines) is 1. The molecule has 2 atom stereocenters. The smallest absolute Gasteiger partial charge is 0.313 e. The molecule has 5 heteroatoms. The number of carbonyl (C=O) groups excluding carboxylic acids is 3. The number of imide groups is 1. The Morgan fingerprint density at radius 3 is 2.08 bits per heavy atom. The van der Waals surface area contributed by atoms with Gasteiger partial charge in [0, 0.05) is 6.54 Å². The van der Waals surface area contributed by atoms with Crippen molar-refractivity contribution in [3.63, 3.8) is 0 Å². The molecule has 0 unspecified atom stereocenters. The Morgan fingerprint density at radius 2 is 1.56 bits per heavy atom. The Hall–Kier alpha value is -2.17. The first-order valence-corrected chi connectivity index (χ1v) is 9.02. The van der Waals surface area contributed by atoms with Crippen molar-refractivity contribution in [3.8, 4) is 5.75 Å². The minimum Gasteiger partial charge on any atom is -0.426 e. The van der Waals surface area contributed by atoms with Crippen LogP contribution in [0.5, 0.6) is 5.75 Å². The molecular formula is C20H25NO4. The Labute approximate surface area is 148 Å². The number of hydrogen-bond donors (Lipinski definition) is 0. The van der Waals surface area contributed by atoms with E-state index in [1.54, 1.807) is 0 Å². The molecule has 2 aliphatic rings. The summed E-state index contributed by atoms with van der Waals surface area (Å²) in [6.45, 7) is 5.92. The zero-order valence-corrected chi connectivity index (χ0v) is 15.1. The van der Waals surface area contributed by atoms with E-state index in [0.29, 0.717) is 5.75 Å². The summed E-state index contributed by atoms with van der Waals surface area (Å²) in [5, 5.41) is 0. The molecule has 1 aliphatic carbocycles. The van der Waals surface area contributed by atoms with Crippen molar-refractivity contribution in [2.75, 3.05) is 6.54 Å². The fourth-order valence-electron chi connectivity index (χ4n) is 4.15. The molecule has 1 heterocycles. The summed E-state index contributed by atoms with van der Waals surface area (Å²) < 4.78 is 5.49. The lowest BCUT2D eigenvalue weighted by Gasteiger charge is -2.19. The van der Waals surface area contributed by atoms with Crippen LogP contribution in [0, 0.1) is 32.6 Å². The van der Waals surface area contributed by atoms with Crippen LogP contribution < -0.4 is 4.74 Å². The standard InChI is InChI=1S/C20H25NO4/c1-12-10-13(2)18(14(3)11-12)25-17(22)8-9-21-19(23)15-6-4-5-7-16(15)20(21)24/h10-11,15-16H,4-9H2,1-3H3/t15-,16-/m1/s1. The predicted molar refractivity (Wildman–Crippen MR) is 93.1 cm³/mol. The van der Waals surface area contributed by atoms with Gasteiger partial charge in [0.05, 0.1) is 18.3 Å². The molecule has 1 aliphatic heterocycles. The minimum absolute atomic E-state index is 0.0314. The molecule has 2 amide bonds. The number of carbonyl (C=O) groups is 3. The second-order valence-electron chi connectivity index (χ2n) is 7.28. The third kappa shape index (κ3) is 3.46. The van der Waals surface area contributed by atoms with Crippen molar-refractivity contribution in [1.82, 2.24) is 4.90 Å². The lowest BCUT2D eigenvalue weighted by Crippen LogP contribution is -2.33. The van der Waals surface area contributed by atoms with Crippen molar-refractivity contribution in [2.45, 2.75) is 52.9 Å². The molecule has 0 N–H and O–H groups in total. The van der Waals surface area contributed by atoms with Crippen molar-refractivity contribution >= 4 is 17.8 Å². The Bertz CT molecular complexity index is 677. The highest BCUT2D eigenvalue weighted by atomic mass is 16.5. The summed E-state index contributed by atoms with van der Waals surface area (Å²) >= 11 is 0. The molecule has 0 radical (unpaired) electrons. The monoisotopic (exact) mass is 343 g/mol. The Kier molecular flexibility index (Phi) is 4.93. The van der Waals surface area contributed by atoms with Gasteiger partial charge < -0.3 is 4.74 Å². The number of benzene rings is 1. The molecule has 25 heavy (non-hydrogen) atoms. The van der Waals surface area contributed by atoms with Crippen molar-refractivity contribution in [1.29, 1.82) is 0 Å². The highest BCUT2D eigenvalue weighted by Gasteiger charge is 2.47. The maximum Gasteiger partial charge on any atom is 0.313 e. The molecular weight excluding hydrogens is 318 g/mol. The quantitative estimate of drug-likeness (QED) is 0.479. The van der Waals surface area contributed by atoms with E-state index in [9.17, 15) is 14.4 Å². The highest BCUT2D eigenvalue weighted by Crippen LogP contribution is 2.38. The first kappa shape index (κ1) is 17.6. The van der Waals surface area contributed by atoms with E-state index in [2.05, 4.69) is 0 Å². The van der Waals surface area contributed by atoms with Gasteiger partial charge in [-0.05, 0) is 44.7 Å². The van der Waals surface area contributed by atoms with Gasteiger partial charge in [0.2, 0.25) is 11.8 Å². The maximum atomic E-state index is 12.4. The van der Waals surface area contributed by atoms with Gasteiger partial charge in [-0.1, -0.05) is 30.5 Å². The van der Waals surface area contributed by atoms with E-state index in [-0.39, 0.29) is 36.6 Å². The van der Waals surface area contributed by atoms with Crippen LogP contribution in [0.25, 0.3) is 0 Å². The zero-order chi connectivity index (χ0) is 18.1. The highest BCUT2D eigenvalue weighted by molar-refractivity contribution is 6.05. The van der Waals surface area contributed by atoms with Gasteiger partial charge in [-0.25, -0.2) is 0 Å². The van der Waals surface area contributed by atoms with Crippen LogP contribution in [-0.2, 0) is 14.4 Å². The van der Waals surface area contributed by atoms with E-state index in [1.165, 1.54) is 4.90 Å². The number of nitrogens with zero attached hydrogens (tertiary/aromatic N) is 1. The van der Waals surface area contributed by atoms with Crippen molar-refractivity contribution < 1.29 is 19.1 Å². The normalized spacial score (nSPS) is 22.9. The van der Waals surface area contributed by atoms with Gasteiger partial charge in [0.1, 0.15) is 5.75 Å². The van der Waals surface area contributed by atoms with Crippen LogP contribution in [-0.4, -0.2) is 29.2 Å². The molecule has 1 aromatic rings. The van der Waals surface area contributed by atoms with E-state index in [0.717, 1.165) is 42.4 Å². The van der Waals surface area contributed by atoms with Crippen LogP contribution in [0.4, 0.5) is 0 Å². The number of amides is 2. The number of rotatable bonds is 4. The summed E-state index contributed by atoms with van der Waals surface area (Å²) in [4.78, 5) is 38.3. The molecule has 1 saturated carbocycles. The summed E-state index contributed by atoms with van der Waals surface area (Å²) in [7, 11) is 0. The third-order valence-corrected chi connectivity index (χ3v) is 5.29. The molecule has 5 nitrogen and oxygen atoms in total.